The molecule has 0 N–H and O–H groups in total. The molecule has 0 amide bonds. The van der Waals surface area contributed by atoms with Gasteiger partial charge in [0, 0.05) is 12.1 Å². The number of ether oxygens (including phenoxy) is 1. The molecule has 268 valence electrons. The molecule has 0 atom stereocenters. The molecule has 5 rings (SSSR count). The zero-order valence-corrected chi connectivity index (χ0v) is 27.6. The van der Waals surface area contributed by atoms with E-state index in [0.717, 1.165) is 36.2 Å². The minimum atomic E-state index is -5.15. The van der Waals surface area contributed by atoms with Crippen LogP contribution in [0.2, 0.25) is 0 Å². The summed E-state index contributed by atoms with van der Waals surface area (Å²) in [6, 6.07) is 5.46. The first-order valence-electron chi connectivity index (χ1n) is 17.8. The zero-order chi connectivity index (χ0) is 34.6. The first-order valence-corrected chi connectivity index (χ1v) is 17.8. The van der Waals surface area contributed by atoms with Crippen molar-refractivity contribution in [3.05, 3.63) is 64.5 Å². The molecule has 0 spiro atoms. The Labute approximate surface area is 278 Å². The van der Waals surface area contributed by atoms with Crippen molar-refractivity contribution in [2.24, 2.45) is 23.7 Å². The summed E-state index contributed by atoms with van der Waals surface area (Å²) < 4.78 is 131. The summed E-state index contributed by atoms with van der Waals surface area (Å²) in [4.78, 5) is 0. The van der Waals surface area contributed by atoms with Crippen LogP contribution in [0.4, 0.5) is 39.5 Å². The van der Waals surface area contributed by atoms with Gasteiger partial charge in [-0.2, -0.15) is 17.6 Å². The number of unbranched alkanes of at least 4 members (excludes halogenated alkanes) is 2. The molecule has 0 bridgehead atoms. The largest absolute Gasteiger partial charge is 0.432 e. The molecule has 2 aromatic rings. The molecular weight excluding hydrogens is 643 g/mol. The summed E-state index contributed by atoms with van der Waals surface area (Å²) in [5.74, 6) is -9.69. The average molecular weight is 691 g/mol. The van der Waals surface area contributed by atoms with Gasteiger partial charge >= 0.3 is 18.5 Å². The maximum absolute atomic E-state index is 15.4. The maximum Gasteiger partial charge on any atom is 0.400 e. The van der Waals surface area contributed by atoms with Gasteiger partial charge in [0.25, 0.3) is 0 Å². The van der Waals surface area contributed by atoms with Crippen molar-refractivity contribution in [1.82, 2.24) is 0 Å². The fourth-order valence-electron chi connectivity index (χ4n) is 8.70. The van der Waals surface area contributed by atoms with Crippen LogP contribution in [-0.2, 0) is 5.92 Å². The Morgan fingerprint density at radius 2 is 1.25 bits per heavy atom. The van der Waals surface area contributed by atoms with E-state index >= 15 is 13.2 Å². The van der Waals surface area contributed by atoms with E-state index in [1.54, 1.807) is 12.1 Å². The van der Waals surface area contributed by atoms with Crippen molar-refractivity contribution < 1.29 is 44.3 Å². The third-order valence-electron chi connectivity index (χ3n) is 11.6. The predicted molar refractivity (Wildman–Crippen MR) is 167 cm³/mol. The predicted octanol–water partition coefficient (Wildman–Crippen LogP) is 13.1. The molecule has 1 nitrogen and oxygen atoms in total. The van der Waals surface area contributed by atoms with Gasteiger partial charge in [0.05, 0.1) is 11.5 Å². The summed E-state index contributed by atoms with van der Waals surface area (Å²) in [6.07, 6.45) is 7.15. The summed E-state index contributed by atoms with van der Waals surface area (Å²) in [5, 5.41) is 0. The lowest BCUT2D eigenvalue weighted by Crippen LogP contribution is -2.37. The molecule has 3 aliphatic carbocycles. The number of alkyl halides is 6. The number of hydrogen-bond acceptors (Lipinski definition) is 1. The van der Waals surface area contributed by atoms with Crippen LogP contribution >= 0.6 is 0 Å². The number of rotatable bonds is 12. The SMILES string of the molecule is CCCCCC1CCC(C2CCC(c3ccc(C4CCC(C(F)(F)Oc5cc(F)c(C(F)(F)C(F)F)c(F)c5)CC4)c(F)c3)CC2)CC1. The van der Waals surface area contributed by atoms with Crippen molar-refractivity contribution in [2.75, 3.05) is 0 Å². The highest BCUT2D eigenvalue weighted by atomic mass is 19.3. The summed E-state index contributed by atoms with van der Waals surface area (Å²) in [7, 11) is 0. The fraction of sp³-hybridized carbons (Fsp3) is 0.684. The molecule has 0 unspecified atom stereocenters. The quantitative estimate of drug-likeness (QED) is 0.159. The van der Waals surface area contributed by atoms with E-state index in [4.69, 9.17) is 0 Å². The topological polar surface area (TPSA) is 9.23 Å². The number of hydrogen-bond donors (Lipinski definition) is 0. The van der Waals surface area contributed by atoms with Crippen LogP contribution in [0, 0.1) is 41.1 Å². The monoisotopic (exact) mass is 690 g/mol. The minimum absolute atomic E-state index is 0.0536. The molecule has 10 heteroatoms. The Bertz CT molecular complexity index is 1310. The van der Waals surface area contributed by atoms with Gasteiger partial charge in [-0.05, 0) is 111 Å². The van der Waals surface area contributed by atoms with Crippen molar-refractivity contribution in [2.45, 2.75) is 140 Å². The third-order valence-corrected chi connectivity index (χ3v) is 11.6. The van der Waals surface area contributed by atoms with E-state index in [2.05, 4.69) is 11.7 Å². The molecule has 0 aromatic heterocycles. The molecule has 0 radical (unpaired) electrons. The standard InChI is InChI=1S/C38H47F9O/c1-2-3-4-5-23-6-8-24(9-7-23)25-10-12-26(13-11-25)28-16-19-31(32(39)20-28)27-14-17-29(18-15-27)38(46,47)48-30-21-33(40)35(34(41)22-30)37(44,45)36(42)43/h16,19-27,29,36H,2-15,17-18H2,1H3. The highest BCUT2D eigenvalue weighted by Crippen LogP contribution is 2.47. The smallest absolute Gasteiger partial charge is 0.400 e. The van der Waals surface area contributed by atoms with Crippen LogP contribution in [0.25, 0.3) is 0 Å². The van der Waals surface area contributed by atoms with E-state index in [9.17, 15) is 26.3 Å². The molecule has 48 heavy (non-hydrogen) atoms. The molecule has 0 aliphatic heterocycles. The Morgan fingerprint density at radius 1 is 0.688 bits per heavy atom. The second-order valence-corrected chi connectivity index (χ2v) is 14.6. The van der Waals surface area contributed by atoms with Gasteiger partial charge in [0.1, 0.15) is 23.2 Å². The van der Waals surface area contributed by atoms with E-state index in [1.807, 2.05) is 6.07 Å². The fourth-order valence-corrected chi connectivity index (χ4v) is 8.70. The molecule has 2 aromatic carbocycles. The normalized spacial score (nSPS) is 27.3. The van der Waals surface area contributed by atoms with Crippen LogP contribution in [-0.4, -0.2) is 12.5 Å². The Kier molecular flexibility index (Phi) is 12.0. The molecular formula is C38H47F9O. The first-order chi connectivity index (χ1) is 22.8. The highest BCUT2D eigenvalue weighted by molar-refractivity contribution is 5.34. The summed E-state index contributed by atoms with van der Waals surface area (Å²) in [6.45, 7) is 2.25. The lowest BCUT2D eigenvalue weighted by molar-refractivity contribution is -0.222. The second kappa shape index (κ2) is 15.7. The van der Waals surface area contributed by atoms with Gasteiger partial charge in [-0.25, -0.2) is 22.0 Å². The van der Waals surface area contributed by atoms with Gasteiger partial charge < -0.3 is 4.74 Å². The lowest BCUT2D eigenvalue weighted by atomic mass is 9.68. The van der Waals surface area contributed by atoms with Crippen molar-refractivity contribution in [3.63, 3.8) is 0 Å². The lowest BCUT2D eigenvalue weighted by Gasteiger charge is -2.38. The highest BCUT2D eigenvalue weighted by Gasteiger charge is 2.49. The van der Waals surface area contributed by atoms with Gasteiger partial charge in [-0.1, -0.05) is 57.6 Å². The average Bonchev–Trinajstić information content (AvgIpc) is 3.04. The van der Waals surface area contributed by atoms with Gasteiger partial charge in [-0.3, -0.25) is 0 Å². The number of halogens is 9. The molecule has 0 heterocycles. The van der Waals surface area contributed by atoms with Crippen LogP contribution < -0.4 is 4.74 Å². The van der Waals surface area contributed by atoms with E-state index < -0.39 is 47.3 Å². The minimum Gasteiger partial charge on any atom is -0.432 e. The third kappa shape index (κ3) is 8.48. The molecule has 3 saturated carbocycles. The molecule has 0 saturated heterocycles. The number of benzene rings is 2. The van der Waals surface area contributed by atoms with Crippen LogP contribution in [0.3, 0.4) is 0 Å². The Morgan fingerprint density at radius 3 is 1.79 bits per heavy atom. The van der Waals surface area contributed by atoms with Crippen molar-refractivity contribution in [1.29, 1.82) is 0 Å². The zero-order valence-electron chi connectivity index (χ0n) is 27.6. The van der Waals surface area contributed by atoms with E-state index in [1.165, 1.54) is 64.2 Å². The molecule has 3 fully saturated rings. The van der Waals surface area contributed by atoms with Crippen molar-refractivity contribution >= 4 is 0 Å². The first kappa shape index (κ1) is 36.9. The maximum atomic E-state index is 15.4. The van der Waals surface area contributed by atoms with Crippen LogP contribution in [0.15, 0.2) is 30.3 Å². The Hall–Kier alpha value is -2.39. The Balaban J connectivity index is 1.11. The van der Waals surface area contributed by atoms with Gasteiger partial charge in [-0.15, -0.1) is 0 Å². The molecule has 3 aliphatic rings. The van der Waals surface area contributed by atoms with Crippen LogP contribution in [0.5, 0.6) is 5.75 Å². The van der Waals surface area contributed by atoms with Crippen LogP contribution in [0.1, 0.15) is 138 Å². The van der Waals surface area contributed by atoms with Gasteiger partial charge in [0.2, 0.25) is 0 Å². The van der Waals surface area contributed by atoms with Crippen molar-refractivity contribution in [3.8, 4) is 5.75 Å². The summed E-state index contributed by atoms with van der Waals surface area (Å²) >= 11 is 0. The van der Waals surface area contributed by atoms with E-state index in [-0.39, 0.29) is 49.6 Å². The second-order valence-electron chi connectivity index (χ2n) is 14.6. The summed E-state index contributed by atoms with van der Waals surface area (Å²) in [5.41, 5.74) is -0.745. The van der Waals surface area contributed by atoms with Gasteiger partial charge in [0.15, 0.2) is 0 Å². The van der Waals surface area contributed by atoms with E-state index in [0.29, 0.717) is 11.5 Å².